The lowest BCUT2D eigenvalue weighted by atomic mass is 9.88. The van der Waals surface area contributed by atoms with Crippen LogP contribution in [0.5, 0.6) is 0 Å². The first-order valence-corrected chi connectivity index (χ1v) is 8.01. The molecule has 0 radical (unpaired) electrons. The second-order valence-corrected chi connectivity index (χ2v) is 6.51. The molecule has 0 spiro atoms. The molecule has 1 aromatic rings. The number of hydrogen-bond donors (Lipinski definition) is 2. The second-order valence-electron chi connectivity index (χ2n) is 6.51. The maximum atomic E-state index is 12.7. The number of nitrogens with two attached hydrogens (primary N) is 1. The van der Waals surface area contributed by atoms with Gasteiger partial charge in [0.05, 0.1) is 11.0 Å². The van der Waals surface area contributed by atoms with E-state index >= 15 is 0 Å². The average molecular weight is 317 g/mol. The van der Waals surface area contributed by atoms with Crippen molar-refractivity contribution in [3.63, 3.8) is 0 Å². The van der Waals surface area contributed by atoms with Gasteiger partial charge in [-0.1, -0.05) is 0 Å². The molecule has 23 heavy (non-hydrogen) atoms. The molecule has 7 nitrogen and oxygen atoms in total. The number of amides is 2. The van der Waals surface area contributed by atoms with Crippen LogP contribution in [0.15, 0.2) is 18.3 Å². The molecule has 1 aromatic heterocycles. The smallest absolute Gasteiger partial charge is 0.252 e. The maximum absolute atomic E-state index is 12.7. The summed E-state index contributed by atoms with van der Waals surface area (Å²) in [6.45, 7) is 6.29. The van der Waals surface area contributed by atoms with Gasteiger partial charge in [0.1, 0.15) is 5.82 Å². The Morgan fingerprint density at radius 2 is 2.04 bits per heavy atom. The third-order valence-corrected chi connectivity index (χ3v) is 4.80. The van der Waals surface area contributed by atoms with Crippen LogP contribution >= 0.6 is 0 Å². The van der Waals surface area contributed by atoms with Crippen LogP contribution < -0.4 is 16.0 Å². The van der Waals surface area contributed by atoms with E-state index in [9.17, 15) is 9.59 Å². The Morgan fingerprint density at radius 1 is 1.30 bits per heavy atom. The van der Waals surface area contributed by atoms with Gasteiger partial charge in [-0.25, -0.2) is 4.98 Å². The van der Waals surface area contributed by atoms with E-state index < -0.39 is 5.91 Å². The topological polar surface area (TPSA) is 91.6 Å². The summed E-state index contributed by atoms with van der Waals surface area (Å²) in [5.41, 5.74) is 5.56. The Balaban J connectivity index is 1.67. The molecule has 2 aliphatic rings. The van der Waals surface area contributed by atoms with Crippen LogP contribution in [0.4, 0.5) is 5.82 Å². The number of carbonyl (C=O) groups excluding carboxylic acids is 2. The fourth-order valence-corrected chi connectivity index (χ4v) is 3.34. The molecule has 1 atom stereocenters. The fourth-order valence-electron chi connectivity index (χ4n) is 3.34. The van der Waals surface area contributed by atoms with Gasteiger partial charge in [-0.05, 0) is 32.0 Å². The van der Waals surface area contributed by atoms with Crippen LogP contribution in [0, 0.1) is 5.41 Å². The zero-order chi connectivity index (χ0) is 16.4. The van der Waals surface area contributed by atoms with Crippen molar-refractivity contribution in [3.8, 4) is 0 Å². The number of nitrogens with zero attached hydrogens (tertiary/aromatic N) is 3. The zero-order valence-corrected chi connectivity index (χ0v) is 13.4. The third kappa shape index (κ3) is 3.01. The number of piperazine rings is 1. The van der Waals surface area contributed by atoms with E-state index in [1.165, 1.54) is 0 Å². The van der Waals surface area contributed by atoms with Crippen molar-refractivity contribution in [2.24, 2.45) is 11.1 Å². The summed E-state index contributed by atoms with van der Waals surface area (Å²) in [6.07, 6.45) is 2.54. The van der Waals surface area contributed by atoms with Crippen LogP contribution in [-0.2, 0) is 4.79 Å². The van der Waals surface area contributed by atoms with Crippen LogP contribution in [0.3, 0.4) is 0 Å². The first kappa shape index (κ1) is 15.7. The molecular weight excluding hydrogens is 294 g/mol. The van der Waals surface area contributed by atoms with Gasteiger partial charge in [-0.15, -0.1) is 0 Å². The number of aromatic nitrogens is 1. The summed E-state index contributed by atoms with van der Waals surface area (Å²) in [5.74, 6) is 0.357. The Kier molecular flexibility index (Phi) is 4.21. The molecule has 2 saturated heterocycles. The van der Waals surface area contributed by atoms with Crippen molar-refractivity contribution in [1.29, 1.82) is 0 Å². The Hall–Kier alpha value is -2.15. The summed E-state index contributed by atoms with van der Waals surface area (Å²) in [6, 6.07) is 3.39. The first-order valence-electron chi connectivity index (χ1n) is 8.01. The maximum Gasteiger partial charge on any atom is 0.252 e. The van der Waals surface area contributed by atoms with Crippen LogP contribution in [-0.4, -0.2) is 61.0 Å². The van der Waals surface area contributed by atoms with Gasteiger partial charge < -0.3 is 20.9 Å². The van der Waals surface area contributed by atoms with Crippen LogP contribution in [0.1, 0.15) is 23.7 Å². The molecule has 3 rings (SSSR count). The number of rotatable bonds is 3. The Labute approximate surface area is 135 Å². The summed E-state index contributed by atoms with van der Waals surface area (Å²) < 4.78 is 0. The van der Waals surface area contributed by atoms with Crippen molar-refractivity contribution in [2.75, 3.05) is 44.2 Å². The molecule has 0 saturated carbocycles. The van der Waals surface area contributed by atoms with Gasteiger partial charge in [0.25, 0.3) is 5.91 Å². The lowest BCUT2D eigenvalue weighted by Gasteiger charge is -2.39. The van der Waals surface area contributed by atoms with Gasteiger partial charge in [-0.2, -0.15) is 0 Å². The predicted molar refractivity (Wildman–Crippen MR) is 87.1 cm³/mol. The number of pyridine rings is 1. The molecule has 124 valence electrons. The van der Waals surface area contributed by atoms with Gasteiger partial charge in [0.15, 0.2) is 0 Å². The predicted octanol–water partition coefficient (Wildman–Crippen LogP) is -0.171. The Morgan fingerprint density at radius 3 is 2.65 bits per heavy atom. The fraction of sp³-hybridized carbons (Fsp3) is 0.562. The highest BCUT2D eigenvalue weighted by molar-refractivity contribution is 5.97. The number of hydrogen-bond acceptors (Lipinski definition) is 5. The summed E-state index contributed by atoms with van der Waals surface area (Å²) >= 11 is 0. The molecule has 0 aromatic carbocycles. The Bertz CT molecular complexity index is 604. The monoisotopic (exact) mass is 317 g/mol. The third-order valence-electron chi connectivity index (χ3n) is 4.80. The molecule has 2 fully saturated rings. The molecule has 7 heteroatoms. The first-order chi connectivity index (χ1) is 11.0. The highest BCUT2D eigenvalue weighted by Crippen LogP contribution is 2.28. The van der Waals surface area contributed by atoms with E-state index in [4.69, 9.17) is 5.73 Å². The molecule has 0 bridgehead atoms. The van der Waals surface area contributed by atoms with E-state index in [2.05, 4.69) is 10.3 Å². The minimum absolute atomic E-state index is 0.221. The summed E-state index contributed by atoms with van der Waals surface area (Å²) in [7, 11) is 0. The minimum Gasteiger partial charge on any atom is -0.365 e. The lowest BCUT2D eigenvalue weighted by Crippen LogP contribution is -2.53. The number of primary amides is 1. The van der Waals surface area contributed by atoms with Crippen LogP contribution in [0.25, 0.3) is 0 Å². The molecule has 0 aliphatic carbocycles. The van der Waals surface area contributed by atoms with Crippen molar-refractivity contribution < 1.29 is 9.59 Å². The molecule has 3 N–H and O–H groups in total. The van der Waals surface area contributed by atoms with E-state index in [1.54, 1.807) is 18.3 Å². The quantitative estimate of drug-likeness (QED) is 0.807. The normalized spacial score (nSPS) is 24.7. The molecule has 2 amide bonds. The SMILES string of the molecule is C[C@@]1(C(=O)N2CCN(c3ncccc3C(N)=O)CC2)CCNC1. The summed E-state index contributed by atoms with van der Waals surface area (Å²) in [4.78, 5) is 32.5. The molecule has 2 aliphatic heterocycles. The zero-order valence-electron chi connectivity index (χ0n) is 13.4. The molecule has 3 heterocycles. The van der Waals surface area contributed by atoms with Crippen molar-refractivity contribution in [1.82, 2.24) is 15.2 Å². The van der Waals surface area contributed by atoms with Crippen LogP contribution in [0.2, 0.25) is 0 Å². The van der Waals surface area contributed by atoms with Gasteiger partial charge in [0.2, 0.25) is 5.91 Å². The number of carbonyl (C=O) groups is 2. The van der Waals surface area contributed by atoms with Crippen molar-refractivity contribution in [2.45, 2.75) is 13.3 Å². The second kappa shape index (κ2) is 6.16. The van der Waals surface area contributed by atoms with Gasteiger partial charge in [0, 0.05) is 38.9 Å². The number of anilines is 1. The lowest BCUT2D eigenvalue weighted by molar-refractivity contribution is -0.140. The van der Waals surface area contributed by atoms with E-state index in [0.29, 0.717) is 37.6 Å². The van der Waals surface area contributed by atoms with E-state index in [0.717, 1.165) is 19.5 Å². The minimum atomic E-state index is -0.476. The van der Waals surface area contributed by atoms with Crippen molar-refractivity contribution in [3.05, 3.63) is 23.9 Å². The summed E-state index contributed by atoms with van der Waals surface area (Å²) in [5, 5.41) is 3.27. The van der Waals surface area contributed by atoms with E-state index in [1.807, 2.05) is 16.7 Å². The standard InChI is InChI=1S/C16H23N5O2/c1-16(4-6-18-11-16)15(23)21-9-7-20(8-10-21)14-12(13(17)22)3-2-5-19-14/h2-3,5,18H,4,6-11H2,1H3,(H2,17,22)/t16-/m1/s1. The molecular formula is C16H23N5O2. The van der Waals surface area contributed by atoms with E-state index in [-0.39, 0.29) is 11.3 Å². The average Bonchev–Trinajstić information content (AvgIpc) is 3.02. The van der Waals surface area contributed by atoms with Gasteiger partial charge in [-0.3, -0.25) is 9.59 Å². The van der Waals surface area contributed by atoms with Crippen molar-refractivity contribution >= 4 is 17.6 Å². The highest BCUT2D eigenvalue weighted by atomic mass is 16.2. The highest BCUT2D eigenvalue weighted by Gasteiger charge is 2.40. The van der Waals surface area contributed by atoms with Gasteiger partial charge >= 0.3 is 0 Å². The molecule has 0 unspecified atom stereocenters. The largest absolute Gasteiger partial charge is 0.365 e. The number of nitrogens with one attached hydrogen (secondary N) is 1.